The summed E-state index contributed by atoms with van der Waals surface area (Å²) >= 11 is 0. The zero-order valence-corrected chi connectivity index (χ0v) is 11.1. The molecule has 4 heteroatoms. The van der Waals surface area contributed by atoms with Gasteiger partial charge in [-0.1, -0.05) is 29.3 Å². The first kappa shape index (κ1) is 15.0. The Kier molecular flexibility index (Phi) is 5.20. The highest BCUT2D eigenvalue weighted by Crippen LogP contribution is 2.21. The minimum Gasteiger partial charge on any atom is -0.310 e. The van der Waals surface area contributed by atoms with Crippen molar-refractivity contribution in [2.45, 2.75) is 45.8 Å². The van der Waals surface area contributed by atoms with Crippen LogP contribution in [0.4, 0.5) is 13.2 Å². The molecular weight excluding hydrogens is 239 g/mol. The number of aryl methyl sites for hydroxylation is 2. The Morgan fingerprint density at radius 1 is 1.11 bits per heavy atom. The lowest BCUT2D eigenvalue weighted by Gasteiger charge is -2.16. The van der Waals surface area contributed by atoms with Gasteiger partial charge in [-0.3, -0.25) is 0 Å². The summed E-state index contributed by atoms with van der Waals surface area (Å²) in [6.07, 6.45) is -4.65. The third-order valence-electron chi connectivity index (χ3n) is 2.83. The smallest absolute Gasteiger partial charge is 0.310 e. The van der Waals surface area contributed by atoms with E-state index in [9.17, 15) is 13.2 Å². The second kappa shape index (κ2) is 6.23. The number of hydrogen-bond acceptors (Lipinski definition) is 1. The van der Waals surface area contributed by atoms with Crippen molar-refractivity contribution < 1.29 is 13.2 Å². The van der Waals surface area contributed by atoms with Crippen LogP contribution in [0.5, 0.6) is 0 Å². The molecular formula is C14H20F3N. The lowest BCUT2D eigenvalue weighted by atomic mass is 10.0. The van der Waals surface area contributed by atoms with Crippen LogP contribution in [0, 0.1) is 13.8 Å². The number of benzene rings is 1. The first-order valence-corrected chi connectivity index (χ1v) is 6.16. The van der Waals surface area contributed by atoms with Crippen molar-refractivity contribution in [2.75, 3.05) is 6.54 Å². The number of rotatable bonds is 5. The minimum absolute atomic E-state index is 0.0804. The van der Waals surface area contributed by atoms with Gasteiger partial charge in [0.05, 0.1) is 0 Å². The Balaban J connectivity index is 2.43. The van der Waals surface area contributed by atoms with Crippen molar-refractivity contribution >= 4 is 0 Å². The largest absolute Gasteiger partial charge is 0.389 e. The fourth-order valence-corrected chi connectivity index (χ4v) is 1.99. The third-order valence-corrected chi connectivity index (χ3v) is 2.83. The van der Waals surface area contributed by atoms with Crippen LogP contribution in [-0.2, 0) is 0 Å². The molecule has 1 nitrogen and oxygen atoms in total. The van der Waals surface area contributed by atoms with Crippen LogP contribution in [0.2, 0.25) is 0 Å². The second-order valence-electron chi connectivity index (χ2n) is 4.82. The van der Waals surface area contributed by atoms with Crippen molar-refractivity contribution in [3.8, 4) is 0 Å². The van der Waals surface area contributed by atoms with Gasteiger partial charge in [-0.25, -0.2) is 0 Å². The van der Waals surface area contributed by atoms with Crippen LogP contribution in [0.15, 0.2) is 18.2 Å². The molecule has 1 N–H and O–H groups in total. The molecule has 0 saturated carbocycles. The van der Waals surface area contributed by atoms with Gasteiger partial charge >= 0.3 is 6.18 Å². The van der Waals surface area contributed by atoms with Gasteiger partial charge in [0.1, 0.15) is 0 Å². The van der Waals surface area contributed by atoms with Crippen LogP contribution in [0.1, 0.15) is 42.5 Å². The topological polar surface area (TPSA) is 12.0 Å². The van der Waals surface area contributed by atoms with Crippen molar-refractivity contribution in [3.05, 3.63) is 34.9 Å². The van der Waals surface area contributed by atoms with E-state index < -0.39 is 12.6 Å². The quantitative estimate of drug-likeness (QED) is 0.777. The van der Waals surface area contributed by atoms with Gasteiger partial charge in [0.25, 0.3) is 0 Å². The summed E-state index contributed by atoms with van der Waals surface area (Å²) in [7, 11) is 0. The standard InChI is InChI=1S/C14H20F3N/c1-10-7-11(2)9-13(8-10)12(3)18-6-4-5-14(15,16)17/h7-9,12,18H,4-6H2,1-3H3. The van der Waals surface area contributed by atoms with Gasteiger partial charge in [-0.05, 0) is 39.3 Å². The highest BCUT2D eigenvalue weighted by molar-refractivity contribution is 5.30. The molecule has 1 atom stereocenters. The number of halogens is 3. The summed E-state index contributed by atoms with van der Waals surface area (Å²) < 4.78 is 35.9. The fraction of sp³-hybridized carbons (Fsp3) is 0.571. The average Bonchev–Trinajstić information content (AvgIpc) is 2.21. The highest BCUT2D eigenvalue weighted by atomic mass is 19.4. The first-order chi connectivity index (χ1) is 8.28. The summed E-state index contributed by atoms with van der Waals surface area (Å²) in [6, 6.07) is 6.29. The normalized spacial score (nSPS) is 13.7. The van der Waals surface area contributed by atoms with Crippen molar-refractivity contribution in [2.24, 2.45) is 0 Å². The predicted octanol–water partition coefficient (Wildman–Crippen LogP) is 4.30. The van der Waals surface area contributed by atoms with Gasteiger partial charge in [-0.15, -0.1) is 0 Å². The molecule has 0 amide bonds. The average molecular weight is 259 g/mol. The number of nitrogens with one attached hydrogen (secondary N) is 1. The fourth-order valence-electron chi connectivity index (χ4n) is 1.99. The molecule has 0 aliphatic carbocycles. The number of hydrogen-bond donors (Lipinski definition) is 1. The Labute approximate surface area is 106 Å². The molecule has 0 heterocycles. The summed E-state index contributed by atoms with van der Waals surface area (Å²) in [5.74, 6) is 0. The van der Waals surface area contributed by atoms with E-state index in [1.54, 1.807) is 0 Å². The molecule has 18 heavy (non-hydrogen) atoms. The van der Waals surface area contributed by atoms with Gasteiger partial charge in [0.15, 0.2) is 0 Å². The maximum Gasteiger partial charge on any atom is 0.389 e. The molecule has 1 aromatic rings. The molecule has 1 rings (SSSR count). The van der Waals surface area contributed by atoms with Crippen LogP contribution >= 0.6 is 0 Å². The molecule has 1 unspecified atom stereocenters. The van der Waals surface area contributed by atoms with E-state index in [-0.39, 0.29) is 12.5 Å². The highest BCUT2D eigenvalue weighted by Gasteiger charge is 2.25. The van der Waals surface area contributed by atoms with Crippen LogP contribution in [-0.4, -0.2) is 12.7 Å². The van der Waals surface area contributed by atoms with E-state index in [2.05, 4.69) is 23.5 Å². The Bertz CT molecular complexity index is 365. The van der Waals surface area contributed by atoms with E-state index in [0.717, 1.165) is 5.56 Å². The van der Waals surface area contributed by atoms with Gasteiger partial charge in [0, 0.05) is 12.5 Å². The Morgan fingerprint density at radius 2 is 1.67 bits per heavy atom. The zero-order valence-electron chi connectivity index (χ0n) is 11.1. The summed E-state index contributed by atoms with van der Waals surface area (Å²) in [6.45, 7) is 6.40. The predicted molar refractivity (Wildman–Crippen MR) is 67.6 cm³/mol. The van der Waals surface area contributed by atoms with E-state index in [4.69, 9.17) is 0 Å². The van der Waals surface area contributed by atoms with Gasteiger partial charge in [0.2, 0.25) is 0 Å². The molecule has 0 saturated heterocycles. The molecule has 0 aliphatic heterocycles. The molecule has 102 valence electrons. The van der Waals surface area contributed by atoms with Crippen molar-refractivity contribution in [1.82, 2.24) is 5.32 Å². The van der Waals surface area contributed by atoms with E-state index in [1.807, 2.05) is 20.8 Å². The molecule has 0 aliphatic rings. The van der Waals surface area contributed by atoms with Crippen molar-refractivity contribution in [3.63, 3.8) is 0 Å². The SMILES string of the molecule is Cc1cc(C)cc(C(C)NCCCC(F)(F)F)c1. The summed E-state index contributed by atoms with van der Waals surface area (Å²) in [5.41, 5.74) is 3.47. The monoisotopic (exact) mass is 259 g/mol. The lowest BCUT2D eigenvalue weighted by Crippen LogP contribution is -2.21. The first-order valence-electron chi connectivity index (χ1n) is 6.16. The second-order valence-corrected chi connectivity index (χ2v) is 4.82. The zero-order chi connectivity index (χ0) is 13.8. The molecule has 0 aromatic heterocycles. The molecule has 1 aromatic carbocycles. The van der Waals surface area contributed by atoms with Crippen molar-refractivity contribution in [1.29, 1.82) is 0 Å². The van der Waals surface area contributed by atoms with Gasteiger partial charge in [-0.2, -0.15) is 13.2 Å². The molecule has 0 bridgehead atoms. The van der Waals surface area contributed by atoms with E-state index in [1.165, 1.54) is 11.1 Å². The molecule has 0 radical (unpaired) electrons. The Hall–Kier alpha value is -1.03. The van der Waals surface area contributed by atoms with Crippen LogP contribution in [0.25, 0.3) is 0 Å². The maximum atomic E-state index is 12.0. The molecule has 0 spiro atoms. The molecule has 0 fully saturated rings. The lowest BCUT2D eigenvalue weighted by molar-refractivity contribution is -0.135. The third kappa shape index (κ3) is 5.54. The maximum absolute atomic E-state index is 12.0. The minimum atomic E-state index is -4.05. The Morgan fingerprint density at radius 3 is 2.17 bits per heavy atom. The number of alkyl halides is 3. The van der Waals surface area contributed by atoms with Crippen LogP contribution < -0.4 is 5.32 Å². The summed E-state index contributed by atoms with van der Waals surface area (Å²) in [5, 5.41) is 3.13. The van der Waals surface area contributed by atoms with Crippen LogP contribution in [0.3, 0.4) is 0 Å². The van der Waals surface area contributed by atoms with Gasteiger partial charge < -0.3 is 5.32 Å². The van der Waals surface area contributed by atoms with E-state index in [0.29, 0.717) is 6.54 Å². The summed E-state index contributed by atoms with van der Waals surface area (Å²) in [4.78, 5) is 0. The van der Waals surface area contributed by atoms with E-state index >= 15 is 0 Å².